The van der Waals surface area contributed by atoms with Gasteiger partial charge in [0.05, 0.1) is 5.56 Å². The third kappa shape index (κ3) is 6.33. The molecule has 0 fully saturated rings. The Morgan fingerprint density at radius 1 is 0.697 bits per heavy atom. The molecule has 0 heterocycles. The predicted octanol–water partition coefficient (Wildman–Crippen LogP) is 6.60. The van der Waals surface area contributed by atoms with Crippen molar-refractivity contribution in [2.75, 3.05) is 0 Å². The van der Waals surface area contributed by atoms with E-state index in [0.717, 1.165) is 25.0 Å². The number of ether oxygens (including phenoxy) is 1. The van der Waals surface area contributed by atoms with Gasteiger partial charge in [0.15, 0.2) is 17.4 Å². The lowest BCUT2D eigenvalue weighted by molar-refractivity contribution is -0.0546. The molecule has 3 aromatic rings. The van der Waals surface area contributed by atoms with Crippen LogP contribution in [-0.2, 0) is 6.42 Å². The molecule has 0 saturated heterocycles. The molecule has 0 saturated carbocycles. The van der Waals surface area contributed by atoms with Gasteiger partial charge in [-0.15, -0.1) is 0 Å². The van der Waals surface area contributed by atoms with Crippen LogP contribution in [0.3, 0.4) is 0 Å². The summed E-state index contributed by atoms with van der Waals surface area (Å²) in [5.41, 5.74) is 0.986. The minimum Gasteiger partial charge on any atom is -0.429 e. The first-order valence-corrected chi connectivity index (χ1v) is 9.82. The van der Waals surface area contributed by atoms with Crippen molar-refractivity contribution < 1.29 is 31.1 Å². The Morgan fingerprint density at radius 3 is 1.70 bits per heavy atom. The number of aryl methyl sites for hydroxylation is 1. The van der Waals surface area contributed by atoms with E-state index in [1.54, 1.807) is 0 Å². The smallest absolute Gasteiger partial charge is 0.387 e. The van der Waals surface area contributed by atoms with Gasteiger partial charge in [-0.25, -0.2) is 17.6 Å². The standard InChI is InChI=1S/C26H16F6O/c1-2-3-16-4-6-17(7-5-16)8-9-18-12-21(27)20(22(28)13-18)11-10-19-14-23(29)25(24(30)15-19)33-26(31)32/h4-7,12-15,26H,2-3H2,1H3. The molecule has 0 bridgehead atoms. The van der Waals surface area contributed by atoms with Crippen molar-refractivity contribution in [3.63, 3.8) is 0 Å². The maximum atomic E-state index is 14.4. The van der Waals surface area contributed by atoms with Crippen LogP contribution in [0, 0.1) is 47.0 Å². The number of halogens is 6. The summed E-state index contributed by atoms with van der Waals surface area (Å²) in [6.07, 6.45) is 1.96. The van der Waals surface area contributed by atoms with Gasteiger partial charge in [0.2, 0.25) is 0 Å². The quantitative estimate of drug-likeness (QED) is 0.316. The second-order valence-electron chi connectivity index (χ2n) is 6.91. The second-order valence-corrected chi connectivity index (χ2v) is 6.91. The molecule has 1 nitrogen and oxygen atoms in total. The van der Waals surface area contributed by atoms with Gasteiger partial charge in [-0.1, -0.05) is 49.2 Å². The third-order valence-electron chi connectivity index (χ3n) is 4.42. The van der Waals surface area contributed by atoms with Crippen molar-refractivity contribution in [1.29, 1.82) is 0 Å². The molecule has 168 valence electrons. The predicted molar refractivity (Wildman–Crippen MR) is 112 cm³/mol. The third-order valence-corrected chi connectivity index (χ3v) is 4.42. The van der Waals surface area contributed by atoms with Gasteiger partial charge >= 0.3 is 6.61 Å². The molecule has 0 aromatic heterocycles. The minimum absolute atomic E-state index is 0.0822. The van der Waals surface area contributed by atoms with Crippen molar-refractivity contribution in [3.8, 4) is 29.4 Å². The zero-order valence-electron chi connectivity index (χ0n) is 17.3. The van der Waals surface area contributed by atoms with E-state index in [-0.39, 0.29) is 11.1 Å². The molecule has 0 radical (unpaired) electrons. The number of hydrogen-bond donors (Lipinski definition) is 0. The Bertz CT molecular complexity index is 1230. The van der Waals surface area contributed by atoms with Crippen LogP contribution in [0.2, 0.25) is 0 Å². The molecule has 0 atom stereocenters. The molecule has 0 aliphatic carbocycles. The lowest BCUT2D eigenvalue weighted by Gasteiger charge is -2.07. The number of benzene rings is 3. The molecule has 33 heavy (non-hydrogen) atoms. The molecule has 0 aliphatic heterocycles. The molecule has 7 heteroatoms. The van der Waals surface area contributed by atoms with Crippen molar-refractivity contribution in [2.45, 2.75) is 26.4 Å². The molecule has 0 unspecified atom stereocenters. The maximum Gasteiger partial charge on any atom is 0.387 e. The van der Waals surface area contributed by atoms with Crippen LogP contribution in [0.25, 0.3) is 0 Å². The first kappa shape index (κ1) is 23.8. The summed E-state index contributed by atoms with van der Waals surface area (Å²) >= 11 is 0. The molecule has 0 N–H and O–H groups in total. The van der Waals surface area contributed by atoms with E-state index in [4.69, 9.17) is 0 Å². The number of hydrogen-bond acceptors (Lipinski definition) is 1. The second kappa shape index (κ2) is 10.7. The van der Waals surface area contributed by atoms with Gasteiger partial charge in [-0.3, -0.25) is 0 Å². The van der Waals surface area contributed by atoms with Crippen molar-refractivity contribution in [1.82, 2.24) is 0 Å². The maximum absolute atomic E-state index is 14.4. The van der Waals surface area contributed by atoms with E-state index in [1.807, 2.05) is 24.3 Å². The van der Waals surface area contributed by atoms with Crippen molar-refractivity contribution >= 4 is 0 Å². The molecular weight excluding hydrogens is 442 g/mol. The largest absolute Gasteiger partial charge is 0.429 e. The van der Waals surface area contributed by atoms with Gasteiger partial charge in [0, 0.05) is 16.7 Å². The highest BCUT2D eigenvalue weighted by molar-refractivity contribution is 5.50. The SMILES string of the molecule is CCCc1ccc(C#Cc2cc(F)c(C#Cc3cc(F)c(OC(F)F)c(F)c3)c(F)c2)cc1. The summed E-state index contributed by atoms with van der Waals surface area (Å²) in [4.78, 5) is 0. The highest BCUT2D eigenvalue weighted by Gasteiger charge is 2.16. The molecule has 0 aliphatic rings. The summed E-state index contributed by atoms with van der Waals surface area (Å²) in [7, 11) is 0. The van der Waals surface area contributed by atoms with Crippen molar-refractivity contribution in [2.24, 2.45) is 0 Å². The van der Waals surface area contributed by atoms with Crippen molar-refractivity contribution in [3.05, 3.63) is 99.6 Å². The zero-order valence-corrected chi connectivity index (χ0v) is 17.3. The first-order chi connectivity index (χ1) is 15.8. The molecule has 0 spiro atoms. The van der Waals surface area contributed by atoms with Crippen LogP contribution in [0.1, 0.15) is 41.2 Å². The van der Waals surface area contributed by atoms with Gasteiger partial charge in [-0.2, -0.15) is 8.78 Å². The summed E-state index contributed by atoms with van der Waals surface area (Å²) in [5, 5.41) is 0. The minimum atomic E-state index is -3.42. The lowest BCUT2D eigenvalue weighted by Crippen LogP contribution is -2.06. The Labute approximate surface area is 187 Å². The van der Waals surface area contributed by atoms with Crippen LogP contribution >= 0.6 is 0 Å². The first-order valence-electron chi connectivity index (χ1n) is 9.82. The summed E-state index contributed by atoms with van der Waals surface area (Å²) < 4.78 is 84.4. The Kier molecular flexibility index (Phi) is 7.69. The van der Waals surface area contributed by atoms with Crippen LogP contribution in [0.15, 0.2) is 48.5 Å². The monoisotopic (exact) mass is 458 g/mol. The van der Waals surface area contributed by atoms with Crippen LogP contribution in [-0.4, -0.2) is 6.61 Å². The Hall–Kier alpha value is -3.84. The normalized spacial score (nSPS) is 10.3. The van der Waals surface area contributed by atoms with E-state index in [2.05, 4.69) is 35.3 Å². The van der Waals surface area contributed by atoms with E-state index < -0.39 is 41.2 Å². The highest BCUT2D eigenvalue weighted by Crippen LogP contribution is 2.25. The highest BCUT2D eigenvalue weighted by atomic mass is 19.3. The Morgan fingerprint density at radius 2 is 1.18 bits per heavy atom. The summed E-state index contributed by atoms with van der Waals surface area (Å²) in [6, 6.07) is 10.7. The molecular formula is C26H16F6O. The van der Waals surface area contributed by atoms with Crippen LogP contribution in [0.4, 0.5) is 26.3 Å². The van der Waals surface area contributed by atoms with E-state index >= 15 is 0 Å². The van der Waals surface area contributed by atoms with E-state index in [9.17, 15) is 26.3 Å². The van der Waals surface area contributed by atoms with Gasteiger partial charge in [0.25, 0.3) is 0 Å². The number of rotatable bonds is 4. The number of alkyl halides is 2. The topological polar surface area (TPSA) is 9.23 Å². The summed E-state index contributed by atoms with van der Waals surface area (Å²) in [6.45, 7) is -1.35. The Balaban J connectivity index is 1.83. The fourth-order valence-corrected chi connectivity index (χ4v) is 2.92. The van der Waals surface area contributed by atoms with Crippen LogP contribution < -0.4 is 4.74 Å². The van der Waals surface area contributed by atoms with Crippen LogP contribution in [0.5, 0.6) is 5.75 Å². The molecule has 0 amide bonds. The van der Waals surface area contributed by atoms with E-state index in [1.165, 1.54) is 5.56 Å². The molecule has 3 aromatic carbocycles. The van der Waals surface area contributed by atoms with E-state index in [0.29, 0.717) is 17.7 Å². The van der Waals surface area contributed by atoms with Gasteiger partial charge < -0.3 is 4.74 Å². The summed E-state index contributed by atoms with van der Waals surface area (Å²) in [5.74, 6) is 3.74. The average Bonchev–Trinajstić information content (AvgIpc) is 2.75. The van der Waals surface area contributed by atoms with Gasteiger partial charge in [0.1, 0.15) is 11.6 Å². The fourth-order valence-electron chi connectivity index (χ4n) is 2.92. The fraction of sp³-hybridized carbons (Fsp3) is 0.154. The lowest BCUT2D eigenvalue weighted by atomic mass is 10.1. The molecule has 3 rings (SSSR count). The van der Waals surface area contributed by atoms with Gasteiger partial charge in [-0.05, 0) is 48.4 Å². The zero-order chi connectivity index (χ0) is 24.0. The average molecular weight is 458 g/mol.